The average molecular weight is 302 g/mol. The Balaban J connectivity index is 2.01. The topological polar surface area (TPSA) is 47.3 Å². The van der Waals surface area contributed by atoms with Gasteiger partial charge in [0.1, 0.15) is 0 Å². The number of nitrogens with two attached hydrogens (primary N) is 1. The fourth-order valence-electron chi connectivity index (χ4n) is 2.91. The van der Waals surface area contributed by atoms with Crippen LogP contribution >= 0.6 is 0 Å². The van der Waals surface area contributed by atoms with E-state index < -0.39 is 18.2 Å². The van der Waals surface area contributed by atoms with Crippen LogP contribution in [-0.2, 0) is 0 Å². The third-order valence-corrected chi connectivity index (χ3v) is 3.95. The summed E-state index contributed by atoms with van der Waals surface area (Å²) in [6.45, 7) is -0.128. The monoisotopic (exact) mass is 302 g/mol. The highest BCUT2D eigenvalue weighted by atomic mass is 19.3. The van der Waals surface area contributed by atoms with Gasteiger partial charge in [-0.3, -0.25) is 0 Å². The van der Waals surface area contributed by atoms with Gasteiger partial charge >= 0.3 is 6.61 Å². The normalized spacial score (nSPS) is 22.3. The van der Waals surface area contributed by atoms with Gasteiger partial charge in [-0.2, -0.15) is 8.78 Å². The molecule has 1 aromatic rings. The number of nitrogens with one attached hydrogen (secondary N) is 1. The fraction of sp³-hybridized carbons (Fsp3) is 0.600. The quantitative estimate of drug-likeness (QED) is 0.799. The molecule has 21 heavy (non-hydrogen) atoms. The average Bonchev–Trinajstić information content (AvgIpc) is 2.40. The molecule has 0 spiro atoms. The summed E-state index contributed by atoms with van der Waals surface area (Å²) in [5.41, 5.74) is 6.35. The van der Waals surface area contributed by atoms with Gasteiger partial charge in [0, 0.05) is 18.7 Å². The van der Waals surface area contributed by atoms with Crippen LogP contribution in [0, 0.1) is 17.7 Å². The number of anilines is 2. The summed E-state index contributed by atoms with van der Waals surface area (Å²) in [6, 6.07) is 2.20. The van der Waals surface area contributed by atoms with Crippen LogP contribution in [0.15, 0.2) is 12.1 Å². The molecule has 1 saturated carbocycles. The second-order valence-electron chi connectivity index (χ2n) is 5.77. The molecule has 3 nitrogen and oxygen atoms in total. The third kappa shape index (κ3) is 4.44. The summed E-state index contributed by atoms with van der Waals surface area (Å²) in [4.78, 5) is 0. The molecule has 0 aliphatic heterocycles. The highest BCUT2D eigenvalue weighted by molar-refractivity contribution is 5.68. The van der Waals surface area contributed by atoms with Crippen molar-refractivity contribution in [3.05, 3.63) is 17.9 Å². The van der Waals surface area contributed by atoms with Gasteiger partial charge in [0.15, 0.2) is 11.6 Å². The molecule has 0 heterocycles. The molecule has 3 N–H and O–H groups in total. The Labute approximate surface area is 122 Å². The summed E-state index contributed by atoms with van der Waals surface area (Å²) in [7, 11) is 0. The maximum absolute atomic E-state index is 13.5. The van der Waals surface area contributed by atoms with Crippen LogP contribution in [-0.4, -0.2) is 13.2 Å². The van der Waals surface area contributed by atoms with E-state index in [-0.39, 0.29) is 5.69 Å². The lowest BCUT2D eigenvalue weighted by Gasteiger charge is -2.27. The number of ether oxygens (including phenoxy) is 1. The van der Waals surface area contributed by atoms with Gasteiger partial charge in [0.25, 0.3) is 0 Å². The second-order valence-corrected chi connectivity index (χ2v) is 5.77. The van der Waals surface area contributed by atoms with Gasteiger partial charge in [-0.15, -0.1) is 0 Å². The lowest BCUT2D eigenvalue weighted by molar-refractivity contribution is -0.0521. The zero-order valence-electron chi connectivity index (χ0n) is 12.0. The van der Waals surface area contributed by atoms with Crippen molar-refractivity contribution in [3.63, 3.8) is 0 Å². The van der Waals surface area contributed by atoms with E-state index >= 15 is 0 Å². The van der Waals surface area contributed by atoms with Crippen molar-refractivity contribution in [3.8, 4) is 5.75 Å². The van der Waals surface area contributed by atoms with Crippen LogP contribution in [0.2, 0.25) is 0 Å². The van der Waals surface area contributed by atoms with Crippen molar-refractivity contribution in [2.45, 2.75) is 39.2 Å². The summed E-state index contributed by atoms with van der Waals surface area (Å²) in [5.74, 6) is -0.144. The Bertz CT molecular complexity index is 482. The van der Waals surface area contributed by atoms with Gasteiger partial charge in [-0.05, 0) is 24.7 Å². The van der Waals surface area contributed by atoms with Crippen LogP contribution in [0.1, 0.15) is 32.6 Å². The highest BCUT2D eigenvalue weighted by Gasteiger charge is 2.19. The number of alkyl halides is 2. The lowest BCUT2D eigenvalue weighted by Crippen LogP contribution is -2.21. The van der Waals surface area contributed by atoms with Crippen molar-refractivity contribution < 1.29 is 17.9 Å². The Hall–Kier alpha value is -1.59. The van der Waals surface area contributed by atoms with Crippen molar-refractivity contribution in [2.75, 3.05) is 17.6 Å². The largest absolute Gasteiger partial charge is 0.432 e. The van der Waals surface area contributed by atoms with Crippen molar-refractivity contribution in [2.24, 2.45) is 11.8 Å². The van der Waals surface area contributed by atoms with E-state index in [0.29, 0.717) is 24.1 Å². The van der Waals surface area contributed by atoms with Crippen LogP contribution in [0.3, 0.4) is 0 Å². The molecule has 1 aliphatic rings. The van der Waals surface area contributed by atoms with Gasteiger partial charge in [-0.25, -0.2) is 4.39 Å². The van der Waals surface area contributed by atoms with E-state index in [2.05, 4.69) is 17.0 Å². The van der Waals surface area contributed by atoms with Gasteiger partial charge in [0.05, 0.1) is 11.4 Å². The first-order valence-electron chi connectivity index (χ1n) is 7.23. The molecule has 0 amide bonds. The van der Waals surface area contributed by atoms with Crippen LogP contribution in [0.4, 0.5) is 24.5 Å². The smallest absolute Gasteiger partial charge is 0.387 e. The predicted octanol–water partition coefficient (Wildman–Crippen LogP) is 4.25. The van der Waals surface area contributed by atoms with Gasteiger partial charge in [0.2, 0.25) is 0 Å². The van der Waals surface area contributed by atoms with E-state index in [1.165, 1.54) is 18.9 Å². The Kier molecular flexibility index (Phi) is 5.20. The first-order valence-corrected chi connectivity index (χ1v) is 7.23. The minimum Gasteiger partial charge on any atom is -0.432 e. The molecule has 1 aliphatic carbocycles. The maximum atomic E-state index is 13.5. The predicted molar refractivity (Wildman–Crippen MR) is 77.1 cm³/mol. The standard InChI is InChI=1S/C15H21F3N2O/c1-9-3-2-4-10(5-9)8-20-13-7-14(21-15(17)18)11(16)6-12(13)19/h6-7,9-10,15,20H,2-5,8,19H2,1H3. The van der Waals surface area contributed by atoms with Crippen LogP contribution in [0.5, 0.6) is 5.75 Å². The summed E-state index contributed by atoms with van der Waals surface area (Å²) < 4.78 is 42.0. The summed E-state index contributed by atoms with van der Waals surface area (Å²) in [6.07, 6.45) is 4.72. The third-order valence-electron chi connectivity index (χ3n) is 3.95. The van der Waals surface area contributed by atoms with Crippen molar-refractivity contribution in [1.82, 2.24) is 0 Å². The molecule has 1 aromatic carbocycles. The molecule has 2 atom stereocenters. The molecule has 2 unspecified atom stereocenters. The number of rotatable bonds is 5. The first-order chi connectivity index (χ1) is 9.95. The van der Waals surface area contributed by atoms with E-state index in [1.54, 1.807) is 0 Å². The van der Waals surface area contributed by atoms with Crippen molar-refractivity contribution in [1.29, 1.82) is 0 Å². The number of nitrogen functional groups attached to an aromatic ring is 1. The molecule has 0 radical (unpaired) electrons. The van der Waals surface area contributed by atoms with E-state index in [0.717, 1.165) is 18.9 Å². The number of hydrogen-bond donors (Lipinski definition) is 2. The van der Waals surface area contributed by atoms with E-state index in [1.807, 2.05) is 0 Å². The van der Waals surface area contributed by atoms with Crippen LogP contribution < -0.4 is 15.8 Å². The number of halogens is 3. The van der Waals surface area contributed by atoms with E-state index in [4.69, 9.17) is 5.73 Å². The molecule has 2 rings (SSSR count). The Morgan fingerprint density at radius 3 is 2.81 bits per heavy atom. The van der Waals surface area contributed by atoms with Crippen LogP contribution in [0.25, 0.3) is 0 Å². The van der Waals surface area contributed by atoms with Crippen molar-refractivity contribution >= 4 is 11.4 Å². The second kappa shape index (κ2) is 6.91. The molecule has 1 fully saturated rings. The molecular weight excluding hydrogens is 281 g/mol. The minimum absolute atomic E-state index is 0.193. The highest BCUT2D eigenvalue weighted by Crippen LogP contribution is 2.32. The zero-order chi connectivity index (χ0) is 15.4. The molecule has 0 saturated heterocycles. The molecule has 0 aromatic heterocycles. The number of hydrogen-bond acceptors (Lipinski definition) is 3. The zero-order valence-corrected chi connectivity index (χ0v) is 12.0. The lowest BCUT2D eigenvalue weighted by atomic mass is 9.82. The van der Waals surface area contributed by atoms with E-state index in [9.17, 15) is 13.2 Å². The maximum Gasteiger partial charge on any atom is 0.387 e. The molecule has 6 heteroatoms. The minimum atomic E-state index is -3.06. The molecule has 118 valence electrons. The van der Waals surface area contributed by atoms with Gasteiger partial charge < -0.3 is 15.8 Å². The Morgan fingerprint density at radius 2 is 2.14 bits per heavy atom. The summed E-state index contributed by atoms with van der Waals surface area (Å²) >= 11 is 0. The first kappa shape index (κ1) is 15.8. The number of benzene rings is 1. The molecule has 0 bridgehead atoms. The SMILES string of the molecule is CC1CCCC(CNc2cc(OC(F)F)c(F)cc2N)C1. The Morgan fingerprint density at radius 1 is 1.38 bits per heavy atom. The molecular formula is C15H21F3N2O. The fourth-order valence-corrected chi connectivity index (χ4v) is 2.91. The summed E-state index contributed by atoms with van der Waals surface area (Å²) in [5, 5.41) is 3.13. The van der Waals surface area contributed by atoms with Gasteiger partial charge in [-0.1, -0.05) is 19.8 Å².